The molecule has 107 valence electrons. The van der Waals surface area contributed by atoms with Crippen molar-refractivity contribution in [3.05, 3.63) is 0 Å². The van der Waals surface area contributed by atoms with Crippen molar-refractivity contribution in [2.45, 2.75) is 0 Å². The monoisotopic (exact) mass is 292 g/mol. The third-order valence-corrected chi connectivity index (χ3v) is 0.862. The van der Waals surface area contributed by atoms with Gasteiger partial charge in [0, 0.05) is 41.2 Å². The Morgan fingerprint density at radius 3 is 0.882 bits per heavy atom. The Labute approximate surface area is 112 Å². The van der Waals surface area contributed by atoms with E-state index in [4.69, 9.17) is 3.67 Å². The van der Waals surface area contributed by atoms with Crippen LogP contribution in [-0.2, 0) is 35.3 Å². The summed E-state index contributed by atoms with van der Waals surface area (Å²) in [5.41, 5.74) is 0. The minimum absolute atomic E-state index is 0.128. The van der Waals surface area contributed by atoms with Gasteiger partial charge in [-0.05, 0) is 0 Å². The van der Waals surface area contributed by atoms with Crippen LogP contribution in [0.5, 0.6) is 0 Å². The summed E-state index contributed by atoms with van der Waals surface area (Å²) in [7, 11) is 4.54. The molecular formula is C9H21O7V-3. The Kier molecular flexibility index (Phi) is 67.4. The molecule has 0 rings (SSSR count). The van der Waals surface area contributed by atoms with E-state index in [0.29, 0.717) is 19.8 Å². The Bertz CT molecular complexity index is 67.5. The van der Waals surface area contributed by atoms with Crippen molar-refractivity contribution < 1.29 is 50.6 Å². The average molecular weight is 292 g/mol. The van der Waals surface area contributed by atoms with E-state index in [9.17, 15) is 15.3 Å². The van der Waals surface area contributed by atoms with Crippen LogP contribution < -0.4 is 15.3 Å². The third-order valence-electron chi connectivity index (χ3n) is 0.862. The number of ether oxygens (including phenoxy) is 3. The second-order valence-corrected chi connectivity index (χ2v) is 2.09. The van der Waals surface area contributed by atoms with E-state index >= 15 is 0 Å². The summed E-state index contributed by atoms with van der Waals surface area (Å²) in [5.74, 6) is 0. The van der Waals surface area contributed by atoms with E-state index in [-0.39, 0.29) is 19.8 Å². The second-order valence-electron chi connectivity index (χ2n) is 2.09. The molecule has 0 heterocycles. The van der Waals surface area contributed by atoms with E-state index in [1.165, 1.54) is 21.3 Å². The second kappa shape index (κ2) is 44.3. The van der Waals surface area contributed by atoms with Gasteiger partial charge < -0.3 is 29.5 Å². The van der Waals surface area contributed by atoms with E-state index in [1.54, 1.807) is 0 Å². The predicted octanol–water partition coefficient (Wildman–Crippen LogP) is -3.14. The molecule has 0 unspecified atom stereocenters. The van der Waals surface area contributed by atoms with Crippen molar-refractivity contribution in [2.75, 3.05) is 61.0 Å². The predicted molar refractivity (Wildman–Crippen MR) is 50.9 cm³/mol. The van der Waals surface area contributed by atoms with Gasteiger partial charge in [0.15, 0.2) is 0 Å². The first-order valence-corrected chi connectivity index (χ1v) is 5.21. The van der Waals surface area contributed by atoms with Crippen LogP contribution in [0, 0.1) is 0 Å². The fraction of sp³-hybridized carbons (Fsp3) is 1.00. The van der Waals surface area contributed by atoms with Gasteiger partial charge in [-0.2, -0.15) is 0 Å². The molecule has 0 radical (unpaired) electrons. The van der Waals surface area contributed by atoms with Gasteiger partial charge in [-0.25, -0.2) is 0 Å². The summed E-state index contributed by atoms with van der Waals surface area (Å²) in [6, 6.07) is 0. The zero-order valence-electron chi connectivity index (χ0n) is 10.5. The van der Waals surface area contributed by atoms with Crippen LogP contribution >= 0.6 is 0 Å². The quantitative estimate of drug-likeness (QED) is 0.508. The molecule has 0 saturated carbocycles. The topological polar surface area (TPSA) is 114 Å². The summed E-state index contributed by atoms with van der Waals surface area (Å²) < 4.78 is 21.3. The maximum absolute atomic E-state index is 9.40. The van der Waals surface area contributed by atoms with Crippen LogP contribution in [-0.4, -0.2) is 61.0 Å². The Hall–Kier alpha value is 0.144. The van der Waals surface area contributed by atoms with E-state index in [0.717, 1.165) is 17.4 Å². The van der Waals surface area contributed by atoms with Gasteiger partial charge in [0.25, 0.3) is 0 Å². The van der Waals surface area contributed by atoms with Gasteiger partial charge in [-0.1, -0.05) is 0 Å². The molecule has 0 amide bonds. The number of methoxy groups -OCH3 is 3. The fourth-order valence-corrected chi connectivity index (χ4v) is 0.250. The molecule has 0 aliphatic carbocycles. The molecule has 0 aromatic rings. The molecule has 0 saturated heterocycles. The molecular weight excluding hydrogens is 271 g/mol. The van der Waals surface area contributed by atoms with E-state index in [1.807, 2.05) is 0 Å². The van der Waals surface area contributed by atoms with Crippen molar-refractivity contribution in [3.63, 3.8) is 0 Å². The maximum atomic E-state index is 9.40. The van der Waals surface area contributed by atoms with Gasteiger partial charge in [0.05, 0.1) is 0 Å². The van der Waals surface area contributed by atoms with E-state index < -0.39 is 0 Å². The summed E-state index contributed by atoms with van der Waals surface area (Å²) in [6.45, 7) is 0.615. The van der Waals surface area contributed by atoms with Crippen molar-refractivity contribution in [3.8, 4) is 0 Å². The van der Waals surface area contributed by atoms with E-state index in [2.05, 4.69) is 14.2 Å². The molecule has 0 N–H and O–H groups in total. The third kappa shape index (κ3) is 85.6. The zero-order valence-corrected chi connectivity index (χ0v) is 11.9. The van der Waals surface area contributed by atoms with Crippen molar-refractivity contribution in [1.82, 2.24) is 0 Å². The van der Waals surface area contributed by atoms with Gasteiger partial charge >= 0.3 is 21.0 Å². The first kappa shape index (κ1) is 25.9. The summed E-state index contributed by atoms with van der Waals surface area (Å²) >= 11 is 1.06. The van der Waals surface area contributed by atoms with Gasteiger partial charge in [-0.3, -0.25) is 0 Å². The summed E-state index contributed by atoms with van der Waals surface area (Å²) in [6.07, 6.45) is 0. The molecule has 0 aliphatic rings. The van der Waals surface area contributed by atoms with Crippen molar-refractivity contribution in [1.29, 1.82) is 0 Å². The molecule has 0 aromatic carbocycles. The molecule has 0 atom stereocenters. The molecule has 17 heavy (non-hydrogen) atoms. The molecule has 0 fully saturated rings. The van der Waals surface area contributed by atoms with Crippen LogP contribution in [0.4, 0.5) is 0 Å². The normalized spacial score (nSPS) is 7.59. The van der Waals surface area contributed by atoms with Gasteiger partial charge in [0.1, 0.15) is 0 Å². The first-order chi connectivity index (χ1) is 8.24. The molecule has 7 nitrogen and oxygen atoms in total. The van der Waals surface area contributed by atoms with Crippen LogP contribution in [0.2, 0.25) is 0 Å². The van der Waals surface area contributed by atoms with Crippen molar-refractivity contribution in [2.24, 2.45) is 0 Å². The Morgan fingerprint density at radius 1 is 0.706 bits per heavy atom. The first-order valence-electron chi connectivity index (χ1n) is 4.64. The Balaban J connectivity index is -0.0000000693. The Morgan fingerprint density at radius 2 is 0.882 bits per heavy atom. The summed E-state index contributed by atoms with van der Waals surface area (Å²) in [4.78, 5) is 0. The van der Waals surface area contributed by atoms with Crippen LogP contribution in [0.15, 0.2) is 0 Å². The zero-order chi connectivity index (χ0) is 14.4. The van der Waals surface area contributed by atoms with Crippen LogP contribution in [0.25, 0.3) is 0 Å². The number of rotatable bonds is 6. The standard InChI is InChI=1S/3C3H7O2.O.V/c3*1-5-3-2-4;;/h3*2-3H2,1H3;;/q3*-1;;. The summed E-state index contributed by atoms with van der Waals surface area (Å²) in [5, 5.41) is 28.2. The van der Waals surface area contributed by atoms with Crippen molar-refractivity contribution >= 4 is 0 Å². The fourth-order valence-electron chi connectivity index (χ4n) is 0.250. The van der Waals surface area contributed by atoms with Crippen LogP contribution in [0.1, 0.15) is 0 Å². The molecule has 0 aromatic heterocycles. The van der Waals surface area contributed by atoms with Gasteiger partial charge in [-0.15, -0.1) is 19.8 Å². The van der Waals surface area contributed by atoms with Gasteiger partial charge in [0.2, 0.25) is 0 Å². The molecule has 0 bridgehead atoms. The average Bonchev–Trinajstić information content (AvgIpc) is 2.36. The SMILES string of the molecule is COCC[O-].COCC[O-].COCC[O-].[O]=[V]. The number of hydrogen-bond donors (Lipinski definition) is 0. The molecule has 0 aliphatic heterocycles. The molecule has 8 heteroatoms. The number of hydrogen-bond acceptors (Lipinski definition) is 7. The molecule has 0 spiro atoms. The van der Waals surface area contributed by atoms with Crippen LogP contribution in [0.3, 0.4) is 0 Å². The minimum atomic E-state index is -0.128.